The molecule has 0 saturated carbocycles. The van der Waals surface area contributed by atoms with Gasteiger partial charge in [-0.1, -0.05) is 12.1 Å². The second-order valence-corrected chi connectivity index (χ2v) is 6.97. The zero-order valence-electron chi connectivity index (χ0n) is 13.0. The lowest BCUT2D eigenvalue weighted by Crippen LogP contribution is -2.47. The highest BCUT2D eigenvalue weighted by Gasteiger charge is 2.53. The standard InChI is InChI=1S/C19H14O5/c1-19-11-4-2-8-9(3-5-12(8)20)15(11)17(23)18-16(19)10(7-24-18)13(21)6-14(19)22/h2,4,7,14,22H,3,5-6H2,1H3/t14-,19+/m1/s1. The topological polar surface area (TPSA) is 84.6 Å². The molecule has 0 unspecified atom stereocenters. The van der Waals surface area contributed by atoms with Gasteiger partial charge in [0.1, 0.15) is 6.26 Å². The quantitative estimate of drug-likeness (QED) is 0.804. The van der Waals surface area contributed by atoms with Crippen LogP contribution in [0, 0.1) is 0 Å². The van der Waals surface area contributed by atoms with E-state index in [2.05, 4.69) is 0 Å². The predicted molar refractivity (Wildman–Crippen MR) is 82.6 cm³/mol. The van der Waals surface area contributed by atoms with Gasteiger partial charge in [-0.3, -0.25) is 14.4 Å². The van der Waals surface area contributed by atoms with Gasteiger partial charge in [-0.2, -0.15) is 0 Å². The molecular weight excluding hydrogens is 308 g/mol. The summed E-state index contributed by atoms with van der Waals surface area (Å²) in [6, 6.07) is 3.50. The average Bonchev–Trinajstić information content (AvgIpc) is 3.16. The molecular formula is C19H14O5. The first-order chi connectivity index (χ1) is 11.4. The van der Waals surface area contributed by atoms with E-state index in [0.29, 0.717) is 40.7 Å². The van der Waals surface area contributed by atoms with Gasteiger partial charge in [0.25, 0.3) is 0 Å². The highest BCUT2D eigenvalue weighted by atomic mass is 16.3. The molecule has 3 aliphatic carbocycles. The van der Waals surface area contributed by atoms with Crippen molar-refractivity contribution in [3.8, 4) is 0 Å². The molecule has 0 radical (unpaired) electrons. The highest BCUT2D eigenvalue weighted by Crippen LogP contribution is 2.51. The van der Waals surface area contributed by atoms with Crippen molar-refractivity contribution in [3.63, 3.8) is 0 Å². The van der Waals surface area contributed by atoms with Crippen LogP contribution in [0.25, 0.3) is 0 Å². The number of benzene rings is 1. The molecule has 1 N–H and O–H groups in total. The van der Waals surface area contributed by atoms with Crippen molar-refractivity contribution < 1.29 is 23.9 Å². The normalized spacial score (nSPS) is 27.1. The first kappa shape index (κ1) is 13.9. The largest absolute Gasteiger partial charge is 0.460 e. The van der Waals surface area contributed by atoms with Crippen LogP contribution in [0.2, 0.25) is 0 Å². The minimum Gasteiger partial charge on any atom is -0.460 e. The van der Waals surface area contributed by atoms with E-state index < -0.39 is 11.5 Å². The third-order valence-corrected chi connectivity index (χ3v) is 5.86. The third kappa shape index (κ3) is 1.34. The Morgan fingerprint density at radius 3 is 2.71 bits per heavy atom. The highest BCUT2D eigenvalue weighted by molar-refractivity contribution is 6.17. The number of furan rings is 1. The second kappa shape index (κ2) is 4.11. The maximum absolute atomic E-state index is 13.0. The Balaban J connectivity index is 1.91. The van der Waals surface area contributed by atoms with Crippen molar-refractivity contribution >= 4 is 17.3 Å². The number of hydrogen-bond acceptors (Lipinski definition) is 5. The number of aliphatic hydroxyl groups is 1. The van der Waals surface area contributed by atoms with Crippen LogP contribution in [-0.4, -0.2) is 28.6 Å². The van der Waals surface area contributed by atoms with E-state index in [-0.39, 0.29) is 29.5 Å². The van der Waals surface area contributed by atoms with Gasteiger partial charge < -0.3 is 9.52 Å². The number of carbonyl (C=O) groups excluding carboxylic acids is 3. The molecule has 1 aromatic carbocycles. The van der Waals surface area contributed by atoms with E-state index in [9.17, 15) is 19.5 Å². The molecule has 5 nitrogen and oxygen atoms in total. The molecule has 0 spiro atoms. The minimum absolute atomic E-state index is 0.00782. The molecule has 0 fully saturated rings. The molecule has 0 amide bonds. The van der Waals surface area contributed by atoms with Crippen LogP contribution >= 0.6 is 0 Å². The fourth-order valence-electron chi connectivity index (χ4n) is 4.56. The van der Waals surface area contributed by atoms with E-state index in [0.717, 1.165) is 5.56 Å². The fourth-order valence-corrected chi connectivity index (χ4v) is 4.56. The monoisotopic (exact) mass is 322 g/mol. The Hall–Kier alpha value is -2.53. The van der Waals surface area contributed by atoms with Crippen molar-refractivity contribution in [3.05, 3.63) is 57.5 Å². The van der Waals surface area contributed by atoms with Gasteiger partial charge in [-0.05, 0) is 24.5 Å². The Labute approximate surface area is 137 Å². The summed E-state index contributed by atoms with van der Waals surface area (Å²) in [7, 11) is 0. The Morgan fingerprint density at radius 1 is 1.12 bits per heavy atom. The summed E-state index contributed by atoms with van der Waals surface area (Å²) in [6.45, 7) is 1.84. The Morgan fingerprint density at radius 2 is 1.92 bits per heavy atom. The first-order valence-electron chi connectivity index (χ1n) is 8.02. The summed E-state index contributed by atoms with van der Waals surface area (Å²) in [5, 5.41) is 10.7. The predicted octanol–water partition coefficient (Wildman–Crippen LogP) is 2.21. The maximum atomic E-state index is 13.0. The van der Waals surface area contributed by atoms with Gasteiger partial charge in [0.05, 0.1) is 11.7 Å². The maximum Gasteiger partial charge on any atom is 0.229 e. The van der Waals surface area contributed by atoms with Crippen LogP contribution in [0.3, 0.4) is 0 Å². The lowest BCUT2D eigenvalue weighted by Gasteiger charge is -2.42. The van der Waals surface area contributed by atoms with E-state index >= 15 is 0 Å². The van der Waals surface area contributed by atoms with Crippen LogP contribution in [-0.2, 0) is 11.8 Å². The van der Waals surface area contributed by atoms with Crippen molar-refractivity contribution in [1.82, 2.24) is 0 Å². The van der Waals surface area contributed by atoms with Crippen LogP contribution in [0.5, 0.6) is 0 Å². The van der Waals surface area contributed by atoms with Gasteiger partial charge in [0.2, 0.25) is 5.78 Å². The SMILES string of the molecule is C[C@@]12c3ccc4c(c3C(=O)c3occ(c31)C(=O)C[C@H]2O)CCC4=O. The second-order valence-electron chi connectivity index (χ2n) is 6.97. The summed E-state index contributed by atoms with van der Waals surface area (Å²) in [6.07, 6.45) is 1.30. The minimum atomic E-state index is -0.934. The molecule has 5 rings (SSSR count). The van der Waals surface area contributed by atoms with Crippen LogP contribution in [0.1, 0.15) is 73.3 Å². The number of hydrogen-bond donors (Lipinski definition) is 1. The Kier molecular flexibility index (Phi) is 2.37. The van der Waals surface area contributed by atoms with Crippen molar-refractivity contribution in [2.24, 2.45) is 0 Å². The molecule has 24 heavy (non-hydrogen) atoms. The molecule has 3 aliphatic rings. The van der Waals surface area contributed by atoms with Gasteiger partial charge in [-0.25, -0.2) is 0 Å². The van der Waals surface area contributed by atoms with Gasteiger partial charge in [0.15, 0.2) is 17.3 Å². The number of ketones is 3. The number of aliphatic hydroxyl groups excluding tert-OH is 1. The molecule has 0 aliphatic heterocycles. The zero-order chi connectivity index (χ0) is 16.8. The lowest BCUT2D eigenvalue weighted by molar-refractivity contribution is 0.0672. The molecule has 0 saturated heterocycles. The van der Waals surface area contributed by atoms with E-state index in [1.54, 1.807) is 12.1 Å². The smallest absolute Gasteiger partial charge is 0.229 e. The molecule has 5 heteroatoms. The summed E-state index contributed by atoms with van der Waals surface area (Å²) in [4.78, 5) is 37.3. The molecule has 2 aromatic rings. The molecule has 2 atom stereocenters. The first-order valence-corrected chi connectivity index (χ1v) is 8.02. The van der Waals surface area contributed by atoms with E-state index in [1.807, 2.05) is 6.92 Å². The number of Topliss-reactive ketones (excluding diaryl/α,β-unsaturated/α-hetero) is 2. The molecule has 120 valence electrons. The van der Waals surface area contributed by atoms with Gasteiger partial charge >= 0.3 is 0 Å². The number of rotatable bonds is 0. The molecule has 0 bridgehead atoms. The lowest BCUT2D eigenvalue weighted by atomic mass is 9.60. The van der Waals surface area contributed by atoms with Gasteiger partial charge in [-0.15, -0.1) is 0 Å². The number of fused-ring (bicyclic) bond motifs is 4. The number of carbonyl (C=O) groups is 3. The molecule has 1 heterocycles. The van der Waals surface area contributed by atoms with Crippen molar-refractivity contribution in [1.29, 1.82) is 0 Å². The summed E-state index contributed by atoms with van der Waals surface area (Å²) in [5.74, 6) is -0.342. The Bertz CT molecular complexity index is 980. The van der Waals surface area contributed by atoms with Crippen LogP contribution in [0.4, 0.5) is 0 Å². The average molecular weight is 322 g/mol. The zero-order valence-corrected chi connectivity index (χ0v) is 13.0. The van der Waals surface area contributed by atoms with E-state index in [4.69, 9.17) is 4.42 Å². The van der Waals surface area contributed by atoms with Gasteiger partial charge in [0, 0.05) is 34.9 Å². The fraction of sp³-hybridized carbons (Fsp3) is 0.316. The summed E-state index contributed by atoms with van der Waals surface area (Å²) >= 11 is 0. The van der Waals surface area contributed by atoms with Crippen LogP contribution < -0.4 is 0 Å². The summed E-state index contributed by atoms with van der Waals surface area (Å²) in [5.41, 5.74) is 2.49. The van der Waals surface area contributed by atoms with Crippen molar-refractivity contribution in [2.75, 3.05) is 0 Å². The summed E-state index contributed by atoms with van der Waals surface area (Å²) < 4.78 is 5.46. The third-order valence-electron chi connectivity index (χ3n) is 5.86. The van der Waals surface area contributed by atoms with Crippen LogP contribution in [0.15, 0.2) is 22.8 Å². The molecule has 1 aromatic heterocycles. The van der Waals surface area contributed by atoms with E-state index in [1.165, 1.54) is 6.26 Å². The van der Waals surface area contributed by atoms with Crippen molar-refractivity contribution in [2.45, 2.75) is 37.7 Å².